The third kappa shape index (κ3) is 6.26. The predicted octanol–water partition coefficient (Wildman–Crippen LogP) is 4.40. The molecule has 2 rings (SSSR count). The van der Waals surface area contributed by atoms with Gasteiger partial charge in [0, 0.05) is 24.9 Å². The van der Waals surface area contributed by atoms with Crippen LogP contribution in [0.2, 0.25) is 0 Å². The van der Waals surface area contributed by atoms with Gasteiger partial charge >= 0.3 is 5.97 Å². The van der Waals surface area contributed by atoms with E-state index >= 15 is 0 Å². The summed E-state index contributed by atoms with van der Waals surface area (Å²) in [6.45, 7) is 4.61. The summed E-state index contributed by atoms with van der Waals surface area (Å²) in [6, 6.07) is 14.4. The first-order valence-electron chi connectivity index (χ1n) is 8.77. The molecule has 0 aliphatic heterocycles. The summed E-state index contributed by atoms with van der Waals surface area (Å²) in [4.78, 5) is 23.7. The van der Waals surface area contributed by atoms with E-state index in [9.17, 15) is 14.9 Å². The van der Waals surface area contributed by atoms with Crippen LogP contribution in [0.15, 0.2) is 48.5 Å². The zero-order valence-electron chi connectivity index (χ0n) is 15.8. The summed E-state index contributed by atoms with van der Waals surface area (Å²) in [5.74, 6) is -0.299. The Kier molecular flexibility index (Phi) is 7.11. The number of likely N-dealkylation sites (N-methyl/N-ethyl adjacent to an activating group) is 1. The van der Waals surface area contributed by atoms with Crippen LogP contribution >= 0.6 is 0 Å². The van der Waals surface area contributed by atoms with Crippen molar-refractivity contribution in [1.82, 2.24) is 0 Å². The fourth-order valence-electron chi connectivity index (χ4n) is 2.32. The van der Waals surface area contributed by atoms with E-state index in [1.165, 1.54) is 12.1 Å². The number of non-ortho nitro benzene ring substituents is 1. The molecule has 6 heteroatoms. The van der Waals surface area contributed by atoms with Gasteiger partial charge in [-0.15, -0.1) is 0 Å². The van der Waals surface area contributed by atoms with Crippen LogP contribution in [-0.4, -0.2) is 31.1 Å². The van der Waals surface area contributed by atoms with Crippen LogP contribution in [0.3, 0.4) is 0 Å². The third-order valence-corrected chi connectivity index (χ3v) is 4.05. The molecule has 0 aliphatic rings. The van der Waals surface area contributed by atoms with Crippen LogP contribution in [0.5, 0.6) is 0 Å². The molecule has 0 aliphatic carbocycles. The van der Waals surface area contributed by atoms with Gasteiger partial charge in [-0.25, -0.2) is 0 Å². The Labute approximate surface area is 159 Å². The van der Waals surface area contributed by atoms with Crippen molar-refractivity contribution in [3.8, 4) is 0 Å². The summed E-state index contributed by atoms with van der Waals surface area (Å²) in [5, 5.41) is 10.7. The van der Waals surface area contributed by atoms with Crippen LogP contribution in [0.1, 0.15) is 25.0 Å². The summed E-state index contributed by atoms with van der Waals surface area (Å²) in [5.41, 5.74) is 3.03. The maximum absolute atomic E-state index is 11.5. The fraction of sp³-hybridized carbons (Fsp3) is 0.286. The SMILES string of the molecule is CC(C)C(=O)OCCN(C)c1ccc(/C=C/c2ccc([N+](=O)[O-])cc2)cc1. The van der Waals surface area contributed by atoms with Gasteiger partial charge in [-0.1, -0.05) is 38.1 Å². The van der Waals surface area contributed by atoms with Gasteiger partial charge in [-0.3, -0.25) is 14.9 Å². The lowest BCUT2D eigenvalue weighted by atomic mass is 10.1. The number of benzene rings is 2. The van der Waals surface area contributed by atoms with Crippen molar-refractivity contribution in [2.75, 3.05) is 25.1 Å². The average Bonchev–Trinajstić information content (AvgIpc) is 2.66. The quantitative estimate of drug-likeness (QED) is 0.299. The summed E-state index contributed by atoms with van der Waals surface area (Å²) in [6.07, 6.45) is 3.86. The van der Waals surface area contributed by atoms with Crippen LogP contribution < -0.4 is 4.90 Å². The van der Waals surface area contributed by atoms with Gasteiger partial charge in [0.15, 0.2) is 0 Å². The largest absolute Gasteiger partial charge is 0.464 e. The number of rotatable bonds is 8. The molecule has 0 saturated heterocycles. The molecule has 0 fully saturated rings. The molecule has 6 nitrogen and oxygen atoms in total. The fourth-order valence-corrected chi connectivity index (χ4v) is 2.32. The average molecular weight is 368 g/mol. The zero-order chi connectivity index (χ0) is 19.8. The van der Waals surface area contributed by atoms with E-state index in [1.54, 1.807) is 12.1 Å². The van der Waals surface area contributed by atoms with Crippen molar-refractivity contribution in [3.05, 3.63) is 69.8 Å². The maximum atomic E-state index is 11.5. The number of hydrogen-bond donors (Lipinski definition) is 0. The molecule has 0 unspecified atom stereocenters. The lowest BCUT2D eigenvalue weighted by Gasteiger charge is -2.19. The maximum Gasteiger partial charge on any atom is 0.308 e. The Morgan fingerprint density at radius 2 is 1.59 bits per heavy atom. The Morgan fingerprint density at radius 3 is 2.07 bits per heavy atom. The standard InChI is InChI=1S/C21H24N2O4/c1-16(2)21(24)27-15-14-22(3)19-10-6-17(7-11-19)4-5-18-8-12-20(13-9-18)23(25)26/h4-13,16H,14-15H2,1-3H3/b5-4+. The first-order valence-corrected chi connectivity index (χ1v) is 8.77. The number of hydrogen-bond acceptors (Lipinski definition) is 5. The highest BCUT2D eigenvalue weighted by Crippen LogP contribution is 2.17. The van der Waals surface area contributed by atoms with Crippen LogP contribution in [0, 0.1) is 16.0 Å². The van der Waals surface area contributed by atoms with Gasteiger partial charge in [0.05, 0.1) is 17.4 Å². The molecular formula is C21H24N2O4. The smallest absolute Gasteiger partial charge is 0.308 e. The number of nitrogens with zero attached hydrogens (tertiary/aromatic N) is 2. The topological polar surface area (TPSA) is 72.7 Å². The molecule has 2 aromatic carbocycles. The van der Waals surface area contributed by atoms with Crippen molar-refractivity contribution in [2.24, 2.45) is 5.92 Å². The number of carbonyl (C=O) groups is 1. The molecule has 0 amide bonds. The molecule has 0 spiro atoms. The normalized spacial score (nSPS) is 11.0. The lowest BCUT2D eigenvalue weighted by molar-refractivity contribution is -0.384. The molecule has 142 valence electrons. The number of anilines is 1. The van der Waals surface area contributed by atoms with Crippen LogP contribution in [0.25, 0.3) is 12.2 Å². The number of carbonyl (C=O) groups excluding carboxylic acids is 1. The van der Waals surface area contributed by atoms with E-state index in [-0.39, 0.29) is 17.6 Å². The van der Waals surface area contributed by atoms with Gasteiger partial charge in [-0.05, 0) is 35.4 Å². The van der Waals surface area contributed by atoms with Gasteiger partial charge in [0.1, 0.15) is 6.61 Å². The molecule has 0 atom stereocenters. The van der Waals surface area contributed by atoms with E-state index < -0.39 is 4.92 Å². The first-order chi connectivity index (χ1) is 12.9. The predicted molar refractivity (Wildman–Crippen MR) is 108 cm³/mol. The third-order valence-electron chi connectivity index (χ3n) is 4.05. The molecule has 0 saturated carbocycles. The number of esters is 1. The van der Waals surface area contributed by atoms with Gasteiger partial charge in [-0.2, -0.15) is 0 Å². The monoisotopic (exact) mass is 368 g/mol. The highest BCUT2D eigenvalue weighted by atomic mass is 16.6. The summed E-state index contributed by atoms with van der Waals surface area (Å²) < 4.78 is 5.20. The molecule has 27 heavy (non-hydrogen) atoms. The Hall–Kier alpha value is -3.15. The first kappa shape index (κ1) is 20.2. The molecule has 0 radical (unpaired) electrons. The Morgan fingerprint density at radius 1 is 1.07 bits per heavy atom. The number of ether oxygens (including phenoxy) is 1. The van der Waals surface area contributed by atoms with Crippen LogP contribution in [0.4, 0.5) is 11.4 Å². The zero-order valence-corrected chi connectivity index (χ0v) is 15.8. The molecule has 0 heterocycles. The molecule has 2 aromatic rings. The second-order valence-corrected chi connectivity index (χ2v) is 6.52. The Balaban J connectivity index is 1.90. The highest BCUT2D eigenvalue weighted by Gasteiger charge is 2.08. The van der Waals surface area contributed by atoms with Crippen molar-refractivity contribution in [3.63, 3.8) is 0 Å². The van der Waals surface area contributed by atoms with Gasteiger partial charge in [0.2, 0.25) is 0 Å². The molecular weight excluding hydrogens is 344 g/mol. The molecule has 0 aromatic heterocycles. The van der Waals surface area contributed by atoms with E-state index in [1.807, 2.05) is 62.2 Å². The van der Waals surface area contributed by atoms with E-state index in [0.29, 0.717) is 13.2 Å². The lowest BCUT2D eigenvalue weighted by Crippen LogP contribution is -2.25. The minimum Gasteiger partial charge on any atom is -0.464 e. The second-order valence-electron chi connectivity index (χ2n) is 6.52. The van der Waals surface area contributed by atoms with Gasteiger partial charge in [0.25, 0.3) is 5.69 Å². The van der Waals surface area contributed by atoms with E-state index in [0.717, 1.165) is 16.8 Å². The molecule has 0 bridgehead atoms. The second kappa shape index (κ2) is 9.52. The van der Waals surface area contributed by atoms with Crippen molar-refractivity contribution < 1.29 is 14.5 Å². The highest BCUT2D eigenvalue weighted by molar-refractivity contribution is 5.72. The van der Waals surface area contributed by atoms with Crippen molar-refractivity contribution in [2.45, 2.75) is 13.8 Å². The van der Waals surface area contributed by atoms with Crippen molar-refractivity contribution >= 4 is 29.5 Å². The summed E-state index contributed by atoms with van der Waals surface area (Å²) >= 11 is 0. The minimum absolute atomic E-state index is 0.0820. The minimum atomic E-state index is -0.410. The van der Waals surface area contributed by atoms with Gasteiger partial charge < -0.3 is 9.64 Å². The van der Waals surface area contributed by atoms with E-state index in [4.69, 9.17) is 4.74 Å². The van der Waals surface area contributed by atoms with E-state index in [2.05, 4.69) is 0 Å². The summed E-state index contributed by atoms with van der Waals surface area (Å²) in [7, 11) is 1.95. The van der Waals surface area contributed by atoms with Crippen LogP contribution in [-0.2, 0) is 9.53 Å². The number of nitro groups is 1. The van der Waals surface area contributed by atoms with Crippen molar-refractivity contribution in [1.29, 1.82) is 0 Å². The number of nitro benzene ring substituents is 1. The Bertz CT molecular complexity index is 796. The molecule has 0 N–H and O–H groups in total.